The molecule has 1 N–H and O–H groups in total. The lowest BCUT2D eigenvalue weighted by atomic mass is 10.2. The number of hydrogen-bond donors (Lipinski definition) is 1. The summed E-state index contributed by atoms with van der Waals surface area (Å²) in [5, 5.41) is 4.03. The molecule has 0 saturated heterocycles. The summed E-state index contributed by atoms with van der Waals surface area (Å²) in [5.41, 5.74) is 1.17. The largest absolute Gasteiger partial charge is 0.495 e. The topological polar surface area (TPSA) is 21.3 Å². The summed E-state index contributed by atoms with van der Waals surface area (Å²) < 4.78 is 5.10. The summed E-state index contributed by atoms with van der Waals surface area (Å²) in [5.74, 6) is 2.82. The molecule has 0 aliphatic rings. The quantitative estimate of drug-likeness (QED) is 0.579. The van der Waals surface area contributed by atoms with E-state index in [1.54, 1.807) is 7.11 Å². The van der Waals surface area contributed by atoms with Crippen molar-refractivity contribution in [3.05, 3.63) is 41.4 Å². The Morgan fingerprint density at radius 1 is 1.53 bits per heavy atom. The highest BCUT2D eigenvalue weighted by molar-refractivity contribution is 7.99. The van der Waals surface area contributed by atoms with E-state index in [0.29, 0.717) is 5.02 Å². The molecule has 2 nitrogen and oxygen atoms in total. The van der Waals surface area contributed by atoms with E-state index in [-0.39, 0.29) is 0 Å². The molecule has 0 heterocycles. The third-order valence-electron chi connectivity index (χ3n) is 2.20. The van der Waals surface area contributed by atoms with Gasteiger partial charge < -0.3 is 10.1 Å². The van der Waals surface area contributed by atoms with E-state index in [9.17, 15) is 0 Å². The normalized spacial score (nSPS) is 10.2. The Labute approximate surface area is 112 Å². The molecule has 0 bridgehead atoms. The minimum atomic E-state index is 0.660. The molecule has 94 valence electrons. The first-order valence-electron chi connectivity index (χ1n) is 5.49. The van der Waals surface area contributed by atoms with Gasteiger partial charge in [0.2, 0.25) is 0 Å². The van der Waals surface area contributed by atoms with Gasteiger partial charge in [0.25, 0.3) is 0 Å². The monoisotopic (exact) mass is 271 g/mol. The summed E-state index contributed by atoms with van der Waals surface area (Å²) in [6.45, 7) is 5.50. The Kier molecular flexibility index (Phi) is 7.17. The first-order chi connectivity index (χ1) is 8.27. The minimum absolute atomic E-state index is 0.660. The van der Waals surface area contributed by atoms with Gasteiger partial charge in [0.05, 0.1) is 12.1 Å². The lowest BCUT2D eigenvalue weighted by Gasteiger charge is -2.07. The van der Waals surface area contributed by atoms with Crippen molar-refractivity contribution >= 4 is 23.4 Å². The minimum Gasteiger partial charge on any atom is -0.495 e. The second-order valence-electron chi connectivity index (χ2n) is 3.51. The number of halogens is 1. The first-order valence-corrected chi connectivity index (χ1v) is 7.03. The fourth-order valence-electron chi connectivity index (χ4n) is 1.36. The average Bonchev–Trinajstić information content (AvgIpc) is 2.34. The van der Waals surface area contributed by atoms with Crippen LogP contribution in [0, 0.1) is 0 Å². The average molecular weight is 272 g/mol. The maximum absolute atomic E-state index is 6.04. The fourth-order valence-corrected chi connectivity index (χ4v) is 2.27. The van der Waals surface area contributed by atoms with Gasteiger partial charge in [-0.1, -0.05) is 23.7 Å². The van der Waals surface area contributed by atoms with Crippen LogP contribution in [-0.4, -0.2) is 25.2 Å². The molecule has 1 aromatic rings. The molecule has 0 unspecified atom stereocenters. The lowest BCUT2D eigenvalue weighted by Crippen LogP contribution is -2.16. The van der Waals surface area contributed by atoms with Gasteiger partial charge in [-0.15, -0.1) is 6.58 Å². The van der Waals surface area contributed by atoms with E-state index < -0.39 is 0 Å². The molecule has 0 atom stereocenters. The van der Waals surface area contributed by atoms with Crippen LogP contribution in [0.4, 0.5) is 0 Å². The zero-order chi connectivity index (χ0) is 12.5. The maximum atomic E-state index is 6.04. The smallest absolute Gasteiger partial charge is 0.137 e. The van der Waals surface area contributed by atoms with Crippen molar-refractivity contribution in [1.82, 2.24) is 5.32 Å². The molecule has 1 aromatic carbocycles. The highest BCUT2D eigenvalue weighted by atomic mass is 35.5. The number of nitrogens with one attached hydrogen (secondary N) is 1. The second kappa shape index (κ2) is 8.45. The number of rotatable bonds is 8. The predicted molar refractivity (Wildman–Crippen MR) is 77.2 cm³/mol. The van der Waals surface area contributed by atoms with Gasteiger partial charge in [-0.2, -0.15) is 11.8 Å². The van der Waals surface area contributed by atoms with Gasteiger partial charge in [-0.3, -0.25) is 0 Å². The highest BCUT2D eigenvalue weighted by Crippen LogP contribution is 2.24. The van der Waals surface area contributed by atoms with E-state index >= 15 is 0 Å². The van der Waals surface area contributed by atoms with Crippen molar-refractivity contribution in [2.75, 3.05) is 25.2 Å². The van der Waals surface area contributed by atoms with Crippen molar-refractivity contribution in [2.45, 2.75) is 6.54 Å². The Morgan fingerprint density at radius 2 is 2.35 bits per heavy atom. The molecule has 0 aromatic heterocycles. The standard InChI is InChI=1S/C13H18ClNOS/c1-3-7-17-8-6-15-10-11-4-5-13(16-2)12(14)9-11/h3-5,9,15H,1,6-8,10H2,2H3. The van der Waals surface area contributed by atoms with E-state index in [2.05, 4.69) is 11.9 Å². The Hall–Kier alpha value is -0.640. The SMILES string of the molecule is C=CCSCCNCc1ccc(OC)c(Cl)c1. The third kappa shape index (κ3) is 5.48. The van der Waals surface area contributed by atoms with Gasteiger partial charge in [0, 0.05) is 24.6 Å². The van der Waals surface area contributed by atoms with E-state index in [1.165, 1.54) is 5.56 Å². The van der Waals surface area contributed by atoms with Crippen molar-refractivity contribution in [1.29, 1.82) is 0 Å². The Morgan fingerprint density at radius 3 is 3.00 bits per heavy atom. The molecule has 0 radical (unpaired) electrons. The van der Waals surface area contributed by atoms with Crippen LogP contribution < -0.4 is 10.1 Å². The van der Waals surface area contributed by atoms with Crippen LogP contribution in [0.5, 0.6) is 5.75 Å². The molecule has 0 spiro atoms. The van der Waals surface area contributed by atoms with Crippen LogP contribution in [0.3, 0.4) is 0 Å². The Balaban J connectivity index is 2.27. The van der Waals surface area contributed by atoms with Crippen LogP contribution in [-0.2, 0) is 6.54 Å². The van der Waals surface area contributed by atoms with Crippen molar-refractivity contribution in [2.24, 2.45) is 0 Å². The number of benzene rings is 1. The summed E-state index contributed by atoms with van der Waals surface area (Å²) in [6, 6.07) is 5.85. The summed E-state index contributed by atoms with van der Waals surface area (Å²) >= 11 is 7.91. The van der Waals surface area contributed by atoms with Crippen LogP contribution in [0.1, 0.15) is 5.56 Å². The van der Waals surface area contributed by atoms with Crippen LogP contribution in [0.15, 0.2) is 30.9 Å². The first kappa shape index (κ1) is 14.4. The van der Waals surface area contributed by atoms with E-state index in [4.69, 9.17) is 16.3 Å². The predicted octanol–water partition coefficient (Wildman–Crippen LogP) is 3.36. The third-order valence-corrected chi connectivity index (χ3v) is 3.46. The molecule has 17 heavy (non-hydrogen) atoms. The van der Waals surface area contributed by atoms with Crippen LogP contribution >= 0.6 is 23.4 Å². The second-order valence-corrected chi connectivity index (χ2v) is 5.07. The maximum Gasteiger partial charge on any atom is 0.137 e. The molecule has 0 saturated carbocycles. The van der Waals surface area contributed by atoms with Crippen molar-refractivity contribution in [3.63, 3.8) is 0 Å². The molecule has 0 amide bonds. The number of thioether (sulfide) groups is 1. The van der Waals surface area contributed by atoms with Gasteiger partial charge >= 0.3 is 0 Å². The molecule has 0 aliphatic heterocycles. The zero-order valence-corrected chi connectivity index (χ0v) is 11.6. The van der Waals surface area contributed by atoms with Gasteiger partial charge in [0.1, 0.15) is 5.75 Å². The number of methoxy groups -OCH3 is 1. The van der Waals surface area contributed by atoms with Gasteiger partial charge in [-0.05, 0) is 17.7 Å². The van der Waals surface area contributed by atoms with Gasteiger partial charge in [-0.25, -0.2) is 0 Å². The van der Waals surface area contributed by atoms with E-state index in [0.717, 1.165) is 30.3 Å². The van der Waals surface area contributed by atoms with Crippen LogP contribution in [0.25, 0.3) is 0 Å². The van der Waals surface area contributed by atoms with Crippen molar-refractivity contribution in [3.8, 4) is 5.75 Å². The van der Waals surface area contributed by atoms with Crippen molar-refractivity contribution < 1.29 is 4.74 Å². The molecular weight excluding hydrogens is 254 g/mol. The molecule has 0 fully saturated rings. The van der Waals surface area contributed by atoms with Crippen LogP contribution in [0.2, 0.25) is 5.02 Å². The Bertz CT molecular complexity index is 357. The summed E-state index contributed by atoms with van der Waals surface area (Å²) in [7, 11) is 1.62. The highest BCUT2D eigenvalue weighted by Gasteiger charge is 2.01. The zero-order valence-electron chi connectivity index (χ0n) is 10.0. The molecule has 1 rings (SSSR count). The summed E-state index contributed by atoms with van der Waals surface area (Å²) in [4.78, 5) is 0. The molecule has 0 aliphatic carbocycles. The summed E-state index contributed by atoms with van der Waals surface area (Å²) in [6.07, 6.45) is 1.92. The van der Waals surface area contributed by atoms with E-state index in [1.807, 2.05) is 36.0 Å². The number of ether oxygens (including phenoxy) is 1. The lowest BCUT2D eigenvalue weighted by molar-refractivity contribution is 0.415. The molecule has 4 heteroatoms. The fraction of sp³-hybridized carbons (Fsp3) is 0.385. The van der Waals surface area contributed by atoms with Gasteiger partial charge in [0.15, 0.2) is 0 Å². The molecular formula is C13H18ClNOS. The number of hydrogen-bond acceptors (Lipinski definition) is 3.